The minimum atomic E-state index is -0.252. The molecule has 33 heavy (non-hydrogen) atoms. The number of ketones is 1. The molecule has 1 saturated heterocycles. The van der Waals surface area contributed by atoms with Crippen LogP contribution in [0.5, 0.6) is 0 Å². The molecule has 4 atom stereocenters. The highest BCUT2D eigenvalue weighted by Gasteiger charge is 2.71. The molecule has 4 unspecified atom stereocenters. The number of rotatable bonds is 10. The summed E-state index contributed by atoms with van der Waals surface area (Å²) in [6, 6.07) is 3.37. The van der Waals surface area contributed by atoms with Gasteiger partial charge in [0.25, 0.3) is 0 Å². The molecule has 2 N–H and O–H groups in total. The molecular formula is C26H37N3O4. The molecule has 3 saturated carbocycles. The second-order valence-electron chi connectivity index (χ2n) is 10.7. The first-order valence-corrected chi connectivity index (χ1v) is 12.9. The van der Waals surface area contributed by atoms with Crippen molar-refractivity contribution < 1.29 is 18.8 Å². The topological polar surface area (TPSA) is 91.6 Å². The third-order valence-corrected chi connectivity index (χ3v) is 8.80. The molecule has 4 fully saturated rings. The number of amides is 2. The molecule has 1 spiro atoms. The van der Waals surface area contributed by atoms with E-state index in [-0.39, 0.29) is 41.4 Å². The number of hydrogen-bond donors (Lipinski definition) is 2. The Balaban J connectivity index is 1.16. The quantitative estimate of drug-likeness (QED) is 0.418. The number of furan rings is 1. The lowest BCUT2D eigenvalue weighted by atomic mass is 9.78. The van der Waals surface area contributed by atoms with Crippen LogP contribution in [0.2, 0.25) is 0 Å². The van der Waals surface area contributed by atoms with Crippen LogP contribution >= 0.6 is 0 Å². The fourth-order valence-electron chi connectivity index (χ4n) is 7.11. The maximum atomic E-state index is 13.3. The Hall–Kier alpha value is -2.15. The summed E-state index contributed by atoms with van der Waals surface area (Å²) in [6.45, 7) is 5.95. The summed E-state index contributed by atoms with van der Waals surface area (Å²) in [7, 11) is 0. The van der Waals surface area contributed by atoms with Crippen molar-refractivity contribution in [1.29, 1.82) is 0 Å². The average Bonchev–Trinajstić information content (AvgIpc) is 3.16. The number of nitrogens with zero attached hydrogens (tertiary/aromatic N) is 1. The second-order valence-corrected chi connectivity index (χ2v) is 10.7. The van der Waals surface area contributed by atoms with Gasteiger partial charge in [0.1, 0.15) is 5.76 Å². The fourth-order valence-corrected chi connectivity index (χ4v) is 7.11. The van der Waals surface area contributed by atoms with Gasteiger partial charge in [-0.05, 0) is 100 Å². The van der Waals surface area contributed by atoms with E-state index in [1.54, 1.807) is 12.1 Å². The lowest BCUT2D eigenvalue weighted by Crippen LogP contribution is -2.45. The van der Waals surface area contributed by atoms with E-state index in [4.69, 9.17) is 4.42 Å². The van der Waals surface area contributed by atoms with Gasteiger partial charge in [0.15, 0.2) is 11.5 Å². The van der Waals surface area contributed by atoms with Gasteiger partial charge in [0.2, 0.25) is 11.8 Å². The van der Waals surface area contributed by atoms with Gasteiger partial charge in [-0.1, -0.05) is 0 Å². The maximum Gasteiger partial charge on any atom is 0.224 e. The van der Waals surface area contributed by atoms with Gasteiger partial charge in [-0.25, -0.2) is 0 Å². The summed E-state index contributed by atoms with van der Waals surface area (Å²) in [4.78, 5) is 40.5. The van der Waals surface area contributed by atoms with E-state index in [0.29, 0.717) is 29.9 Å². The molecular weight excluding hydrogens is 418 g/mol. The number of hydrogen-bond acceptors (Lipinski definition) is 5. The lowest BCUT2D eigenvalue weighted by molar-refractivity contribution is -0.137. The van der Waals surface area contributed by atoms with Gasteiger partial charge in [-0.15, -0.1) is 0 Å². The average molecular weight is 456 g/mol. The molecule has 7 nitrogen and oxygen atoms in total. The second kappa shape index (κ2) is 9.24. The minimum absolute atomic E-state index is 0.0385. The molecule has 3 aliphatic carbocycles. The first-order chi connectivity index (χ1) is 16.0. The van der Waals surface area contributed by atoms with E-state index in [9.17, 15) is 14.4 Å². The normalized spacial score (nSPS) is 29.5. The zero-order chi connectivity index (χ0) is 23.0. The molecule has 2 heterocycles. The predicted octanol–water partition coefficient (Wildman–Crippen LogP) is 3.14. The van der Waals surface area contributed by atoms with Crippen molar-refractivity contribution in [3.05, 3.63) is 23.7 Å². The number of carbonyl (C=O) groups is 3. The monoisotopic (exact) mass is 455 g/mol. The number of unbranched alkanes of at least 4 members (excludes halogenated alkanes) is 1. The lowest BCUT2D eigenvalue weighted by Gasteiger charge is -2.29. The molecule has 5 rings (SSSR count). The Morgan fingerprint density at radius 3 is 2.27 bits per heavy atom. The zero-order valence-corrected chi connectivity index (χ0v) is 19.7. The van der Waals surface area contributed by atoms with Crippen molar-refractivity contribution >= 4 is 17.6 Å². The van der Waals surface area contributed by atoms with Gasteiger partial charge in [0.05, 0.1) is 18.4 Å². The Bertz CT molecular complexity index is 899. The van der Waals surface area contributed by atoms with Crippen LogP contribution in [0.1, 0.15) is 74.6 Å². The van der Waals surface area contributed by atoms with Gasteiger partial charge in [-0.3, -0.25) is 14.4 Å². The third kappa shape index (κ3) is 4.36. The van der Waals surface area contributed by atoms with Crippen LogP contribution in [0.15, 0.2) is 16.5 Å². The third-order valence-electron chi connectivity index (χ3n) is 8.80. The van der Waals surface area contributed by atoms with Crippen molar-refractivity contribution in [2.45, 2.75) is 64.8 Å². The van der Waals surface area contributed by atoms with Crippen LogP contribution in [0.4, 0.5) is 0 Å². The molecule has 4 aliphatic rings. The first kappa shape index (κ1) is 22.6. The van der Waals surface area contributed by atoms with E-state index >= 15 is 0 Å². The van der Waals surface area contributed by atoms with Crippen LogP contribution in [-0.2, 0) is 16.1 Å². The number of carbonyl (C=O) groups excluding carboxylic acids is 3. The SMILES string of the molecule is CC(=O)c1ccc(CNC(=O)C2C(C(=O)NCCCCN3CCCC3)C3CCC2C32CC2)o1. The molecule has 7 heteroatoms. The number of nitrogens with one attached hydrogen (secondary N) is 2. The Morgan fingerprint density at radius 2 is 1.67 bits per heavy atom. The highest BCUT2D eigenvalue weighted by Crippen LogP contribution is 2.74. The smallest absolute Gasteiger partial charge is 0.224 e. The Labute approximate surface area is 196 Å². The largest absolute Gasteiger partial charge is 0.456 e. The van der Waals surface area contributed by atoms with Crippen LogP contribution in [0, 0.1) is 29.1 Å². The molecule has 1 aromatic rings. The van der Waals surface area contributed by atoms with Crippen molar-refractivity contribution in [2.75, 3.05) is 26.2 Å². The summed E-state index contributed by atoms with van der Waals surface area (Å²) in [5.74, 6) is 0.972. The molecule has 0 aromatic carbocycles. The van der Waals surface area contributed by atoms with Gasteiger partial charge in [-0.2, -0.15) is 0 Å². The summed E-state index contributed by atoms with van der Waals surface area (Å²) < 4.78 is 5.51. The maximum absolute atomic E-state index is 13.3. The first-order valence-electron chi connectivity index (χ1n) is 12.9. The van der Waals surface area contributed by atoms with Crippen molar-refractivity contribution in [3.63, 3.8) is 0 Å². The zero-order valence-electron chi connectivity index (χ0n) is 19.7. The van der Waals surface area contributed by atoms with E-state index in [2.05, 4.69) is 15.5 Å². The molecule has 2 bridgehead atoms. The van der Waals surface area contributed by atoms with Crippen LogP contribution in [0.25, 0.3) is 0 Å². The van der Waals surface area contributed by atoms with E-state index < -0.39 is 0 Å². The Morgan fingerprint density at radius 1 is 1.00 bits per heavy atom. The van der Waals surface area contributed by atoms with Crippen molar-refractivity contribution in [1.82, 2.24) is 15.5 Å². The van der Waals surface area contributed by atoms with E-state index in [1.807, 2.05) is 0 Å². The molecule has 180 valence electrons. The van der Waals surface area contributed by atoms with Crippen LogP contribution in [-0.4, -0.2) is 48.7 Å². The number of likely N-dealkylation sites (tertiary alicyclic amines) is 1. The molecule has 1 aliphatic heterocycles. The molecule has 0 radical (unpaired) electrons. The van der Waals surface area contributed by atoms with Crippen molar-refractivity contribution in [2.24, 2.45) is 29.1 Å². The summed E-state index contributed by atoms with van der Waals surface area (Å²) in [6.07, 6.45) is 9.16. The van der Waals surface area contributed by atoms with Gasteiger partial charge < -0.3 is 20.0 Å². The van der Waals surface area contributed by atoms with Crippen LogP contribution in [0.3, 0.4) is 0 Å². The standard InChI is InChI=1S/C26H37N3O4/c1-17(30)21-9-6-18(33-21)16-28-25(32)23-20-8-7-19(26(20)10-11-26)22(23)24(31)27-12-2-3-13-29-14-4-5-15-29/h6,9,19-20,22-23H,2-5,7-8,10-16H2,1H3,(H,27,31)(H,28,32). The van der Waals surface area contributed by atoms with Gasteiger partial charge >= 0.3 is 0 Å². The van der Waals surface area contributed by atoms with E-state index in [0.717, 1.165) is 45.1 Å². The fraction of sp³-hybridized carbons (Fsp3) is 0.731. The predicted molar refractivity (Wildman–Crippen MR) is 123 cm³/mol. The number of Topliss-reactive ketones (excluding diaryl/α,β-unsaturated/α-hetero) is 1. The highest BCUT2D eigenvalue weighted by molar-refractivity contribution is 5.91. The minimum Gasteiger partial charge on any atom is -0.456 e. The summed E-state index contributed by atoms with van der Waals surface area (Å²) in [5, 5.41) is 6.19. The Kier molecular flexibility index (Phi) is 6.34. The van der Waals surface area contributed by atoms with Gasteiger partial charge in [0, 0.05) is 13.5 Å². The molecule has 2 amide bonds. The molecule has 1 aromatic heterocycles. The summed E-state index contributed by atoms with van der Waals surface area (Å²) >= 11 is 0. The van der Waals surface area contributed by atoms with E-state index in [1.165, 1.54) is 32.9 Å². The summed E-state index contributed by atoms with van der Waals surface area (Å²) in [5.41, 5.74) is 0.228. The highest BCUT2D eigenvalue weighted by atomic mass is 16.3. The van der Waals surface area contributed by atoms with Crippen LogP contribution < -0.4 is 10.6 Å². The van der Waals surface area contributed by atoms with Crippen molar-refractivity contribution in [3.8, 4) is 0 Å².